The van der Waals surface area contributed by atoms with Gasteiger partial charge in [-0.05, 0) is 6.92 Å². The zero-order valence-corrected chi connectivity index (χ0v) is 9.79. The fourth-order valence-electron chi connectivity index (χ4n) is 1.68. The first-order chi connectivity index (χ1) is 7.68. The molecule has 1 atom stereocenters. The maximum absolute atomic E-state index is 11.6. The van der Waals surface area contributed by atoms with Gasteiger partial charge in [-0.2, -0.15) is 0 Å². The predicted molar refractivity (Wildman–Crippen MR) is 60.0 cm³/mol. The summed E-state index contributed by atoms with van der Waals surface area (Å²) in [5, 5.41) is 4.52. The Hall–Kier alpha value is -1.43. The van der Waals surface area contributed by atoms with E-state index in [-0.39, 0.29) is 24.4 Å². The molecule has 1 N–H and O–H groups in total. The van der Waals surface area contributed by atoms with Crippen LogP contribution in [0.2, 0.25) is 0 Å². The van der Waals surface area contributed by atoms with Gasteiger partial charge in [-0.15, -0.1) is 11.3 Å². The lowest BCUT2D eigenvalue weighted by atomic mass is 10.2. The number of carbonyl (C=O) groups excluding carboxylic acids is 2. The second kappa shape index (κ2) is 4.61. The molecule has 1 aromatic heterocycles. The number of nitrogens with one attached hydrogen (secondary N) is 1. The Balaban J connectivity index is 1.96. The zero-order valence-electron chi connectivity index (χ0n) is 8.97. The van der Waals surface area contributed by atoms with Gasteiger partial charge in [0, 0.05) is 18.3 Å². The molecule has 16 heavy (non-hydrogen) atoms. The molecule has 0 aromatic carbocycles. The SMILES string of the molecule is CC1C(=O)NCC(=O)N1CCc1cscn1. The van der Waals surface area contributed by atoms with E-state index >= 15 is 0 Å². The number of aromatic nitrogens is 1. The third kappa shape index (κ3) is 2.21. The summed E-state index contributed by atoms with van der Waals surface area (Å²) < 4.78 is 0. The summed E-state index contributed by atoms with van der Waals surface area (Å²) in [6, 6.07) is -0.375. The van der Waals surface area contributed by atoms with Crippen LogP contribution < -0.4 is 5.32 Å². The molecular formula is C10H13N3O2S. The zero-order chi connectivity index (χ0) is 11.5. The highest BCUT2D eigenvalue weighted by molar-refractivity contribution is 7.07. The molecule has 86 valence electrons. The van der Waals surface area contributed by atoms with E-state index in [9.17, 15) is 9.59 Å². The molecular weight excluding hydrogens is 226 g/mol. The van der Waals surface area contributed by atoms with Crippen molar-refractivity contribution in [1.29, 1.82) is 0 Å². The van der Waals surface area contributed by atoms with Crippen LogP contribution in [-0.4, -0.2) is 40.8 Å². The van der Waals surface area contributed by atoms with E-state index in [1.165, 1.54) is 11.3 Å². The lowest BCUT2D eigenvalue weighted by molar-refractivity contribution is -0.144. The first kappa shape index (κ1) is 11.1. The third-order valence-electron chi connectivity index (χ3n) is 2.67. The van der Waals surface area contributed by atoms with Gasteiger partial charge >= 0.3 is 0 Å². The topological polar surface area (TPSA) is 62.3 Å². The van der Waals surface area contributed by atoms with Crippen molar-refractivity contribution in [3.05, 3.63) is 16.6 Å². The summed E-state index contributed by atoms with van der Waals surface area (Å²) in [5.41, 5.74) is 2.74. The van der Waals surface area contributed by atoms with Crippen LogP contribution in [0.25, 0.3) is 0 Å². The molecule has 6 heteroatoms. The lowest BCUT2D eigenvalue weighted by Crippen LogP contribution is -2.57. The van der Waals surface area contributed by atoms with Crippen molar-refractivity contribution in [3.63, 3.8) is 0 Å². The van der Waals surface area contributed by atoms with Crippen molar-refractivity contribution in [1.82, 2.24) is 15.2 Å². The van der Waals surface area contributed by atoms with Gasteiger partial charge in [-0.25, -0.2) is 4.98 Å². The summed E-state index contributed by atoms with van der Waals surface area (Å²) >= 11 is 1.53. The predicted octanol–water partition coefficient (Wildman–Crippen LogP) is 0.0325. The molecule has 1 saturated heterocycles. The molecule has 1 aliphatic heterocycles. The highest BCUT2D eigenvalue weighted by Crippen LogP contribution is 2.08. The number of thiazole rings is 1. The molecule has 0 bridgehead atoms. The molecule has 2 amide bonds. The molecule has 0 spiro atoms. The molecule has 0 saturated carbocycles. The van der Waals surface area contributed by atoms with E-state index in [0.717, 1.165) is 5.69 Å². The Kier molecular flexibility index (Phi) is 3.19. The van der Waals surface area contributed by atoms with Crippen molar-refractivity contribution in [2.45, 2.75) is 19.4 Å². The summed E-state index contributed by atoms with van der Waals surface area (Å²) in [5.74, 6) is -0.111. The lowest BCUT2D eigenvalue weighted by Gasteiger charge is -2.32. The van der Waals surface area contributed by atoms with E-state index in [1.54, 1.807) is 17.3 Å². The van der Waals surface area contributed by atoms with Crippen LogP contribution >= 0.6 is 11.3 Å². The van der Waals surface area contributed by atoms with Gasteiger partial charge in [0.15, 0.2) is 0 Å². The van der Waals surface area contributed by atoms with E-state index < -0.39 is 0 Å². The molecule has 0 radical (unpaired) electrons. The second-order valence-electron chi connectivity index (χ2n) is 3.71. The quantitative estimate of drug-likeness (QED) is 0.809. The molecule has 2 rings (SSSR count). The Bertz CT molecular complexity index is 391. The minimum absolute atomic E-state index is 0.0256. The molecule has 1 unspecified atom stereocenters. The molecule has 1 aliphatic rings. The molecule has 5 nitrogen and oxygen atoms in total. The average molecular weight is 239 g/mol. The number of hydrogen-bond donors (Lipinski definition) is 1. The first-order valence-corrected chi connectivity index (χ1v) is 6.07. The molecule has 1 aromatic rings. The van der Waals surface area contributed by atoms with Crippen LogP contribution in [0, 0.1) is 0 Å². The van der Waals surface area contributed by atoms with Gasteiger partial charge in [-0.1, -0.05) is 0 Å². The molecule has 2 heterocycles. The maximum Gasteiger partial charge on any atom is 0.242 e. The van der Waals surface area contributed by atoms with Crippen molar-refractivity contribution in [2.24, 2.45) is 0 Å². The van der Waals surface area contributed by atoms with Crippen molar-refractivity contribution in [3.8, 4) is 0 Å². The average Bonchev–Trinajstić information content (AvgIpc) is 2.77. The number of rotatable bonds is 3. The van der Waals surface area contributed by atoms with Gasteiger partial charge in [0.2, 0.25) is 11.8 Å². The summed E-state index contributed by atoms with van der Waals surface area (Å²) in [7, 11) is 0. The Morgan fingerprint density at radius 3 is 3.12 bits per heavy atom. The maximum atomic E-state index is 11.6. The van der Waals surface area contributed by atoms with E-state index in [1.807, 2.05) is 5.38 Å². The van der Waals surface area contributed by atoms with E-state index in [2.05, 4.69) is 10.3 Å². The minimum Gasteiger partial charge on any atom is -0.345 e. The number of carbonyl (C=O) groups is 2. The summed E-state index contributed by atoms with van der Waals surface area (Å²) in [4.78, 5) is 28.8. The Labute approximate surface area is 97.5 Å². The summed E-state index contributed by atoms with van der Waals surface area (Å²) in [6.45, 7) is 2.41. The van der Waals surface area contributed by atoms with Crippen LogP contribution in [-0.2, 0) is 16.0 Å². The standard InChI is InChI=1S/C10H13N3O2S/c1-7-10(15)11-4-9(14)13(7)3-2-8-5-16-6-12-8/h5-7H,2-4H2,1H3,(H,11,15). The van der Waals surface area contributed by atoms with Gasteiger partial charge < -0.3 is 10.2 Å². The van der Waals surface area contributed by atoms with Crippen LogP contribution in [0.1, 0.15) is 12.6 Å². The first-order valence-electron chi connectivity index (χ1n) is 5.12. The van der Waals surface area contributed by atoms with E-state index in [4.69, 9.17) is 0 Å². The van der Waals surface area contributed by atoms with Crippen molar-refractivity contribution < 1.29 is 9.59 Å². The van der Waals surface area contributed by atoms with Crippen LogP contribution in [0.3, 0.4) is 0 Å². The van der Waals surface area contributed by atoms with Crippen LogP contribution in [0.15, 0.2) is 10.9 Å². The fraction of sp³-hybridized carbons (Fsp3) is 0.500. The Morgan fingerprint density at radius 2 is 2.44 bits per heavy atom. The van der Waals surface area contributed by atoms with Crippen molar-refractivity contribution >= 4 is 23.2 Å². The number of amides is 2. The van der Waals surface area contributed by atoms with Crippen molar-refractivity contribution in [2.75, 3.05) is 13.1 Å². The monoisotopic (exact) mass is 239 g/mol. The van der Waals surface area contributed by atoms with Gasteiger partial charge in [0.1, 0.15) is 6.04 Å². The number of nitrogens with zero attached hydrogens (tertiary/aromatic N) is 2. The Morgan fingerprint density at radius 1 is 1.62 bits per heavy atom. The third-order valence-corrected chi connectivity index (χ3v) is 3.31. The number of hydrogen-bond acceptors (Lipinski definition) is 4. The normalized spacial score (nSPS) is 21.1. The highest BCUT2D eigenvalue weighted by Gasteiger charge is 2.30. The minimum atomic E-state index is -0.375. The van der Waals surface area contributed by atoms with Gasteiger partial charge in [0.25, 0.3) is 0 Å². The van der Waals surface area contributed by atoms with E-state index in [0.29, 0.717) is 13.0 Å². The fourth-order valence-corrected chi connectivity index (χ4v) is 2.28. The number of piperazine rings is 1. The summed E-state index contributed by atoms with van der Waals surface area (Å²) in [6.07, 6.45) is 0.701. The molecule has 0 aliphatic carbocycles. The van der Waals surface area contributed by atoms with Gasteiger partial charge in [-0.3, -0.25) is 9.59 Å². The smallest absolute Gasteiger partial charge is 0.242 e. The van der Waals surface area contributed by atoms with Crippen LogP contribution in [0.5, 0.6) is 0 Å². The second-order valence-corrected chi connectivity index (χ2v) is 4.43. The highest BCUT2D eigenvalue weighted by atomic mass is 32.1. The molecule has 1 fully saturated rings. The van der Waals surface area contributed by atoms with Gasteiger partial charge in [0.05, 0.1) is 17.7 Å². The largest absolute Gasteiger partial charge is 0.345 e. The van der Waals surface area contributed by atoms with Crippen LogP contribution in [0.4, 0.5) is 0 Å².